The first-order valence-electron chi connectivity index (χ1n) is 8.38. The van der Waals surface area contributed by atoms with E-state index >= 15 is 0 Å². The van der Waals surface area contributed by atoms with Crippen LogP contribution in [0.15, 0.2) is 93.4 Å². The van der Waals surface area contributed by atoms with E-state index in [1.54, 1.807) is 60.8 Å². The molecule has 7 heteroatoms. The number of rotatable bonds is 6. The number of hydrogen-bond acceptors (Lipinski definition) is 5. The van der Waals surface area contributed by atoms with Crippen molar-refractivity contribution < 1.29 is 13.2 Å². The van der Waals surface area contributed by atoms with E-state index in [-0.39, 0.29) is 15.4 Å². The predicted octanol–water partition coefficient (Wildman–Crippen LogP) is 4.76. The van der Waals surface area contributed by atoms with Crippen LogP contribution >= 0.6 is 15.9 Å². The number of Topliss-reactive ketones (excluding diaryl/α,β-unsaturated/α-hetero) is 1. The third-order valence-electron chi connectivity index (χ3n) is 3.96. The van der Waals surface area contributed by atoms with Crippen LogP contribution in [0, 0.1) is 6.92 Å². The van der Waals surface area contributed by atoms with Gasteiger partial charge in [-0.15, -0.1) is 0 Å². The Labute approximate surface area is 172 Å². The van der Waals surface area contributed by atoms with Crippen LogP contribution in [0.2, 0.25) is 0 Å². The molecule has 28 heavy (non-hydrogen) atoms. The Morgan fingerprint density at radius 2 is 1.68 bits per heavy atom. The number of halogens is 1. The van der Waals surface area contributed by atoms with Crippen molar-refractivity contribution in [1.82, 2.24) is 4.98 Å². The van der Waals surface area contributed by atoms with Gasteiger partial charge in [0.1, 0.15) is 10.7 Å². The molecule has 1 N–H and O–H groups in total. The molecule has 0 unspecified atom stereocenters. The van der Waals surface area contributed by atoms with Gasteiger partial charge in [-0.1, -0.05) is 48.0 Å². The van der Waals surface area contributed by atoms with Crippen LogP contribution < -0.4 is 5.32 Å². The van der Waals surface area contributed by atoms with Crippen molar-refractivity contribution in [2.75, 3.05) is 5.32 Å². The maximum absolute atomic E-state index is 13.2. The van der Waals surface area contributed by atoms with Gasteiger partial charge in [0.2, 0.25) is 15.6 Å². The molecular weight excluding hydrogens is 440 g/mol. The predicted molar refractivity (Wildman–Crippen MR) is 113 cm³/mol. The molecule has 0 amide bonds. The van der Waals surface area contributed by atoms with Gasteiger partial charge in [-0.05, 0) is 47.1 Å². The molecule has 0 aliphatic carbocycles. The minimum atomic E-state index is -4.03. The number of anilines is 1. The first-order chi connectivity index (χ1) is 13.4. The summed E-state index contributed by atoms with van der Waals surface area (Å²) < 4.78 is 27.1. The quantitative estimate of drug-likeness (QED) is 0.427. The van der Waals surface area contributed by atoms with Crippen LogP contribution in [-0.2, 0) is 9.84 Å². The third kappa shape index (κ3) is 4.55. The number of carbonyl (C=O) groups excluding carboxylic acids is 1. The Morgan fingerprint density at radius 1 is 1.00 bits per heavy atom. The summed E-state index contributed by atoms with van der Waals surface area (Å²) in [7, 11) is -4.03. The fourth-order valence-electron chi connectivity index (χ4n) is 2.44. The summed E-state index contributed by atoms with van der Waals surface area (Å²) in [5, 5.41) is 2.82. The van der Waals surface area contributed by atoms with Crippen molar-refractivity contribution in [2.45, 2.75) is 11.8 Å². The zero-order valence-corrected chi connectivity index (χ0v) is 17.4. The second kappa shape index (κ2) is 8.50. The highest BCUT2D eigenvalue weighted by atomic mass is 79.9. The summed E-state index contributed by atoms with van der Waals surface area (Å²) in [5.74, 6) is -0.175. The third-order valence-corrected chi connectivity index (χ3v) is 6.20. The topological polar surface area (TPSA) is 76.1 Å². The summed E-state index contributed by atoms with van der Waals surface area (Å²) in [6, 6.07) is 18.1. The summed E-state index contributed by atoms with van der Waals surface area (Å²) in [6.45, 7) is 1.86. The van der Waals surface area contributed by atoms with Gasteiger partial charge in [-0.25, -0.2) is 13.4 Å². The standard InChI is InChI=1S/C21H17BrN2O3S/c1-15-7-10-18(11-8-15)28(26,27)19(21(25)16-5-3-2-4-6-16)14-24-20-12-9-17(22)13-23-20/h2-14H,1H3,(H,23,24). The number of aryl methyl sites for hydroxylation is 1. The first-order valence-corrected chi connectivity index (χ1v) is 10.7. The van der Waals surface area contributed by atoms with Gasteiger partial charge in [0.05, 0.1) is 4.90 Å². The van der Waals surface area contributed by atoms with E-state index in [1.165, 1.54) is 18.3 Å². The monoisotopic (exact) mass is 456 g/mol. The largest absolute Gasteiger partial charge is 0.345 e. The van der Waals surface area contributed by atoms with E-state index in [4.69, 9.17) is 0 Å². The molecule has 142 valence electrons. The van der Waals surface area contributed by atoms with Crippen molar-refractivity contribution in [3.63, 3.8) is 0 Å². The van der Waals surface area contributed by atoms with Crippen LogP contribution in [0.1, 0.15) is 15.9 Å². The van der Waals surface area contributed by atoms with Crippen molar-refractivity contribution in [1.29, 1.82) is 0 Å². The minimum Gasteiger partial charge on any atom is -0.345 e. The average molecular weight is 457 g/mol. The molecule has 1 aromatic heterocycles. The zero-order valence-electron chi connectivity index (χ0n) is 15.0. The highest BCUT2D eigenvalue weighted by Gasteiger charge is 2.28. The van der Waals surface area contributed by atoms with E-state index in [0.717, 1.165) is 10.0 Å². The number of hydrogen-bond donors (Lipinski definition) is 1. The van der Waals surface area contributed by atoms with Gasteiger partial charge in [-0.2, -0.15) is 0 Å². The molecule has 5 nitrogen and oxygen atoms in total. The van der Waals surface area contributed by atoms with Gasteiger partial charge >= 0.3 is 0 Å². The normalized spacial score (nSPS) is 11.9. The van der Waals surface area contributed by atoms with E-state index in [9.17, 15) is 13.2 Å². The number of allylic oxidation sites excluding steroid dienone is 1. The highest BCUT2D eigenvalue weighted by molar-refractivity contribution is 9.10. The van der Waals surface area contributed by atoms with Crippen molar-refractivity contribution >= 4 is 37.4 Å². The van der Waals surface area contributed by atoms with Crippen LogP contribution in [0.3, 0.4) is 0 Å². The van der Waals surface area contributed by atoms with Gasteiger partial charge in [0.25, 0.3) is 0 Å². The lowest BCUT2D eigenvalue weighted by Gasteiger charge is -2.10. The fourth-order valence-corrected chi connectivity index (χ4v) is 4.00. The first kappa shape index (κ1) is 20.0. The van der Waals surface area contributed by atoms with Gasteiger partial charge in [-0.3, -0.25) is 4.79 Å². The van der Waals surface area contributed by atoms with Crippen LogP contribution in [0.5, 0.6) is 0 Å². The molecule has 2 aromatic carbocycles. The molecule has 3 rings (SSSR count). The SMILES string of the molecule is Cc1ccc(S(=O)(=O)C(=CNc2ccc(Br)cn2)C(=O)c2ccccc2)cc1. The van der Waals surface area contributed by atoms with Crippen LogP contribution in [0.4, 0.5) is 5.82 Å². The smallest absolute Gasteiger partial charge is 0.211 e. The molecule has 0 aliphatic heterocycles. The molecular formula is C21H17BrN2O3S. The number of aromatic nitrogens is 1. The van der Waals surface area contributed by atoms with Crippen LogP contribution in [0.25, 0.3) is 0 Å². The van der Waals surface area contributed by atoms with E-state index < -0.39 is 15.6 Å². The van der Waals surface area contributed by atoms with E-state index in [0.29, 0.717) is 5.82 Å². The molecule has 0 saturated heterocycles. The van der Waals surface area contributed by atoms with Crippen LogP contribution in [-0.4, -0.2) is 19.2 Å². The lowest BCUT2D eigenvalue weighted by atomic mass is 10.1. The summed E-state index contributed by atoms with van der Waals surface area (Å²) in [5.41, 5.74) is 1.21. The maximum Gasteiger partial charge on any atom is 0.211 e. The molecule has 0 spiro atoms. The summed E-state index contributed by atoms with van der Waals surface area (Å²) >= 11 is 3.29. The van der Waals surface area contributed by atoms with Gasteiger partial charge in [0.15, 0.2) is 0 Å². The average Bonchev–Trinajstić information content (AvgIpc) is 2.70. The Hall–Kier alpha value is -2.77. The van der Waals surface area contributed by atoms with Crippen molar-refractivity contribution in [2.24, 2.45) is 0 Å². The second-order valence-corrected chi connectivity index (χ2v) is 8.86. The van der Waals surface area contributed by atoms with Gasteiger partial charge in [0, 0.05) is 22.4 Å². The van der Waals surface area contributed by atoms with E-state index in [1.807, 2.05) is 6.92 Å². The summed E-state index contributed by atoms with van der Waals surface area (Å²) in [6.07, 6.45) is 2.77. The fraction of sp³-hybridized carbons (Fsp3) is 0.0476. The Morgan fingerprint density at radius 3 is 2.29 bits per heavy atom. The number of ketones is 1. The van der Waals surface area contributed by atoms with Gasteiger partial charge < -0.3 is 5.32 Å². The molecule has 0 bridgehead atoms. The number of nitrogens with one attached hydrogen (secondary N) is 1. The molecule has 0 aliphatic rings. The minimum absolute atomic E-state index is 0.0548. The zero-order chi connectivity index (χ0) is 20.1. The van der Waals surface area contributed by atoms with Crippen molar-refractivity contribution in [3.8, 4) is 0 Å². The molecule has 3 aromatic rings. The Kier molecular flexibility index (Phi) is 6.06. The number of nitrogens with zero attached hydrogens (tertiary/aromatic N) is 1. The second-order valence-electron chi connectivity index (χ2n) is 6.03. The lowest BCUT2D eigenvalue weighted by Crippen LogP contribution is -2.16. The summed E-state index contributed by atoms with van der Waals surface area (Å²) in [4.78, 5) is 16.8. The van der Waals surface area contributed by atoms with Crippen molar-refractivity contribution in [3.05, 3.63) is 99.6 Å². The number of benzene rings is 2. The maximum atomic E-state index is 13.2. The number of pyridine rings is 1. The molecule has 0 saturated carbocycles. The van der Waals surface area contributed by atoms with E-state index in [2.05, 4.69) is 26.2 Å². The molecule has 1 heterocycles. The number of sulfone groups is 1. The highest BCUT2D eigenvalue weighted by Crippen LogP contribution is 2.24. The Bertz CT molecular complexity index is 1110. The molecule has 0 atom stereocenters. The number of carbonyl (C=O) groups is 1. The Balaban J connectivity index is 2.05. The molecule has 0 radical (unpaired) electrons. The lowest BCUT2D eigenvalue weighted by molar-refractivity contribution is 0.104. The molecule has 0 fully saturated rings.